The van der Waals surface area contributed by atoms with Crippen LogP contribution in [0.15, 0.2) is 71.5 Å². The first-order valence-corrected chi connectivity index (χ1v) is 10.1. The number of halogens is 3. The standard InChI is InChI=1S/C23H17F3N6O3/c1-13-11-19(33)20(31-32(13)18-10-6-5-9-15(18)23(24,25)26)22(35)30-29-21(34)17-12-16(27-28-17)14-7-3-2-4-8-14/h2-12H,1H3,(H,27,28)(H,29,34)(H,30,35). The molecule has 0 fully saturated rings. The van der Waals surface area contributed by atoms with Gasteiger partial charge in [-0.05, 0) is 25.1 Å². The molecule has 0 aliphatic rings. The van der Waals surface area contributed by atoms with Crippen LogP contribution in [-0.4, -0.2) is 31.8 Å². The highest BCUT2D eigenvalue weighted by molar-refractivity contribution is 5.97. The Bertz CT molecular complexity index is 1460. The van der Waals surface area contributed by atoms with Crippen LogP contribution in [0, 0.1) is 6.92 Å². The third-order valence-corrected chi connectivity index (χ3v) is 4.94. The number of para-hydroxylation sites is 1. The smallest absolute Gasteiger partial charge is 0.287 e. The van der Waals surface area contributed by atoms with Crippen molar-refractivity contribution in [2.45, 2.75) is 13.1 Å². The van der Waals surface area contributed by atoms with E-state index < -0.39 is 34.7 Å². The molecule has 0 aliphatic heterocycles. The molecule has 178 valence electrons. The van der Waals surface area contributed by atoms with Crippen LogP contribution in [0.1, 0.15) is 32.2 Å². The number of carbonyl (C=O) groups excluding carboxylic acids is 2. The molecule has 4 aromatic rings. The average Bonchev–Trinajstić information content (AvgIpc) is 3.33. The van der Waals surface area contributed by atoms with Gasteiger partial charge in [-0.15, -0.1) is 0 Å². The summed E-state index contributed by atoms with van der Waals surface area (Å²) in [6, 6.07) is 16.1. The second-order valence-electron chi connectivity index (χ2n) is 7.37. The van der Waals surface area contributed by atoms with Crippen LogP contribution >= 0.6 is 0 Å². The van der Waals surface area contributed by atoms with Gasteiger partial charge < -0.3 is 0 Å². The molecule has 0 aliphatic carbocycles. The zero-order valence-corrected chi connectivity index (χ0v) is 18.1. The Morgan fingerprint density at radius 2 is 1.60 bits per heavy atom. The molecule has 2 aromatic carbocycles. The lowest BCUT2D eigenvalue weighted by atomic mass is 10.1. The van der Waals surface area contributed by atoms with Crippen molar-refractivity contribution in [3.05, 3.63) is 99.6 Å². The minimum atomic E-state index is -4.69. The van der Waals surface area contributed by atoms with Crippen molar-refractivity contribution in [1.29, 1.82) is 0 Å². The maximum atomic E-state index is 13.4. The summed E-state index contributed by atoms with van der Waals surface area (Å²) in [6.45, 7) is 1.38. The fourth-order valence-electron chi connectivity index (χ4n) is 3.28. The molecule has 4 rings (SSSR count). The summed E-state index contributed by atoms with van der Waals surface area (Å²) in [4.78, 5) is 37.3. The number of hydrogen-bond donors (Lipinski definition) is 3. The maximum Gasteiger partial charge on any atom is 0.418 e. The lowest BCUT2D eigenvalue weighted by Crippen LogP contribution is -2.44. The molecule has 0 bridgehead atoms. The number of nitrogens with one attached hydrogen (secondary N) is 3. The van der Waals surface area contributed by atoms with Crippen LogP contribution in [0.5, 0.6) is 0 Å². The van der Waals surface area contributed by atoms with Crippen LogP contribution in [0.3, 0.4) is 0 Å². The van der Waals surface area contributed by atoms with Crippen LogP contribution in [0.2, 0.25) is 0 Å². The van der Waals surface area contributed by atoms with Crippen LogP contribution < -0.4 is 16.3 Å². The van der Waals surface area contributed by atoms with Gasteiger partial charge in [0.25, 0.3) is 11.8 Å². The number of aromatic nitrogens is 4. The van der Waals surface area contributed by atoms with E-state index in [-0.39, 0.29) is 17.1 Å². The van der Waals surface area contributed by atoms with Gasteiger partial charge in [0.2, 0.25) is 5.43 Å². The molecule has 0 atom stereocenters. The Hall–Kier alpha value is -4.74. The van der Waals surface area contributed by atoms with Crippen molar-refractivity contribution in [3.8, 4) is 16.9 Å². The highest BCUT2D eigenvalue weighted by atomic mass is 19.4. The molecule has 9 nitrogen and oxygen atoms in total. The highest BCUT2D eigenvalue weighted by Crippen LogP contribution is 2.33. The van der Waals surface area contributed by atoms with Crippen molar-refractivity contribution in [2.24, 2.45) is 0 Å². The Balaban J connectivity index is 1.55. The summed E-state index contributed by atoms with van der Waals surface area (Å²) < 4.78 is 41.2. The normalized spacial score (nSPS) is 11.2. The number of hydrazine groups is 1. The van der Waals surface area contributed by atoms with E-state index in [9.17, 15) is 27.6 Å². The van der Waals surface area contributed by atoms with Gasteiger partial charge in [0.1, 0.15) is 5.69 Å². The van der Waals surface area contributed by atoms with E-state index in [2.05, 4.69) is 20.7 Å². The molecular weight excluding hydrogens is 465 g/mol. The number of hydrogen-bond acceptors (Lipinski definition) is 5. The van der Waals surface area contributed by atoms with E-state index >= 15 is 0 Å². The first-order valence-electron chi connectivity index (χ1n) is 10.1. The molecule has 2 heterocycles. The van der Waals surface area contributed by atoms with Crippen molar-refractivity contribution < 1.29 is 22.8 Å². The molecule has 0 saturated heterocycles. The van der Waals surface area contributed by atoms with E-state index in [0.29, 0.717) is 5.69 Å². The zero-order valence-electron chi connectivity index (χ0n) is 18.1. The van der Waals surface area contributed by atoms with Gasteiger partial charge in [-0.1, -0.05) is 42.5 Å². The molecule has 0 unspecified atom stereocenters. The second-order valence-corrected chi connectivity index (χ2v) is 7.37. The molecule has 3 N–H and O–H groups in total. The van der Waals surface area contributed by atoms with Crippen molar-refractivity contribution in [1.82, 2.24) is 30.8 Å². The highest BCUT2D eigenvalue weighted by Gasteiger charge is 2.34. The minimum Gasteiger partial charge on any atom is -0.287 e. The predicted octanol–water partition coefficient (Wildman–Crippen LogP) is 3.02. The monoisotopic (exact) mass is 482 g/mol. The van der Waals surface area contributed by atoms with E-state index in [4.69, 9.17) is 0 Å². The summed E-state index contributed by atoms with van der Waals surface area (Å²) >= 11 is 0. The molecule has 0 spiro atoms. The third kappa shape index (κ3) is 4.95. The number of nitrogens with zero attached hydrogens (tertiary/aromatic N) is 3. The van der Waals surface area contributed by atoms with Crippen LogP contribution in [0.4, 0.5) is 13.2 Å². The fraction of sp³-hybridized carbons (Fsp3) is 0.0870. The van der Waals surface area contributed by atoms with Gasteiger partial charge in [0, 0.05) is 17.3 Å². The average molecular weight is 482 g/mol. The predicted molar refractivity (Wildman–Crippen MR) is 119 cm³/mol. The number of aromatic amines is 1. The molecule has 35 heavy (non-hydrogen) atoms. The molecular formula is C23H17F3N6O3. The quantitative estimate of drug-likeness (QED) is 0.386. The van der Waals surface area contributed by atoms with Gasteiger partial charge in [-0.3, -0.25) is 30.3 Å². The van der Waals surface area contributed by atoms with Crippen LogP contribution in [-0.2, 0) is 6.18 Å². The zero-order chi connectivity index (χ0) is 25.2. The van der Waals surface area contributed by atoms with Gasteiger partial charge in [0.15, 0.2) is 5.69 Å². The number of alkyl halides is 3. The third-order valence-electron chi connectivity index (χ3n) is 4.94. The van der Waals surface area contributed by atoms with Gasteiger partial charge >= 0.3 is 6.18 Å². The topological polar surface area (TPSA) is 122 Å². The molecule has 2 amide bonds. The summed E-state index contributed by atoms with van der Waals surface area (Å²) in [6.07, 6.45) is -4.69. The number of amides is 2. The largest absolute Gasteiger partial charge is 0.418 e. The SMILES string of the molecule is Cc1cc(=O)c(C(=O)NNC(=O)c2cc(-c3ccccc3)n[nH]2)nn1-c1ccccc1C(F)(F)F. The van der Waals surface area contributed by atoms with Crippen molar-refractivity contribution in [2.75, 3.05) is 0 Å². The number of carbonyl (C=O) groups is 2. The van der Waals surface area contributed by atoms with E-state index in [1.165, 1.54) is 31.2 Å². The maximum absolute atomic E-state index is 13.4. The van der Waals surface area contributed by atoms with Crippen molar-refractivity contribution >= 4 is 11.8 Å². The summed E-state index contributed by atoms with van der Waals surface area (Å²) in [5, 5.41) is 10.4. The Labute approximate surface area is 195 Å². The lowest BCUT2D eigenvalue weighted by molar-refractivity contribution is -0.137. The molecule has 12 heteroatoms. The first-order chi connectivity index (χ1) is 16.6. The number of benzene rings is 2. The second kappa shape index (κ2) is 9.25. The Morgan fingerprint density at radius 1 is 0.943 bits per heavy atom. The van der Waals surface area contributed by atoms with Gasteiger partial charge in [-0.25, -0.2) is 4.68 Å². The van der Waals surface area contributed by atoms with Gasteiger partial charge in [-0.2, -0.15) is 23.4 Å². The lowest BCUT2D eigenvalue weighted by Gasteiger charge is -2.16. The molecule has 0 radical (unpaired) electrons. The molecule has 2 aromatic heterocycles. The van der Waals surface area contributed by atoms with E-state index in [1.54, 1.807) is 24.3 Å². The number of aryl methyl sites for hydroxylation is 1. The first kappa shape index (κ1) is 23.4. The summed E-state index contributed by atoms with van der Waals surface area (Å²) in [7, 11) is 0. The van der Waals surface area contributed by atoms with Crippen molar-refractivity contribution in [3.63, 3.8) is 0 Å². The fourth-order valence-corrected chi connectivity index (χ4v) is 3.28. The van der Waals surface area contributed by atoms with E-state index in [1.807, 2.05) is 11.5 Å². The number of rotatable bonds is 4. The summed E-state index contributed by atoms with van der Waals surface area (Å²) in [5.41, 5.74) is 2.64. The van der Waals surface area contributed by atoms with E-state index in [0.717, 1.165) is 22.4 Å². The Morgan fingerprint density at radius 3 is 2.31 bits per heavy atom. The molecule has 0 saturated carbocycles. The minimum absolute atomic E-state index is 0.0255. The van der Waals surface area contributed by atoms with Crippen LogP contribution in [0.25, 0.3) is 16.9 Å². The Kier molecular flexibility index (Phi) is 6.19. The summed E-state index contributed by atoms with van der Waals surface area (Å²) in [5.74, 6) is -1.87. The van der Waals surface area contributed by atoms with Gasteiger partial charge in [0.05, 0.1) is 16.9 Å². The number of H-pyrrole nitrogens is 1.